The van der Waals surface area contributed by atoms with E-state index in [1.807, 2.05) is 6.92 Å². The van der Waals surface area contributed by atoms with Crippen LogP contribution in [0, 0.1) is 0 Å². The summed E-state index contributed by atoms with van der Waals surface area (Å²) in [4.78, 5) is 0. The summed E-state index contributed by atoms with van der Waals surface area (Å²) in [6, 6.07) is 0. The molecule has 15 heavy (non-hydrogen) atoms. The monoisotopic (exact) mass is 238 g/mol. The zero-order valence-corrected chi connectivity index (χ0v) is 9.68. The van der Waals surface area contributed by atoms with Crippen molar-refractivity contribution in [3.05, 3.63) is 0 Å². The van der Waals surface area contributed by atoms with E-state index in [2.05, 4.69) is 0 Å². The van der Waals surface area contributed by atoms with Gasteiger partial charge in [-0.15, -0.1) is 0 Å². The molecule has 0 amide bonds. The van der Waals surface area contributed by atoms with Gasteiger partial charge in [0.1, 0.15) is 18.3 Å². The van der Waals surface area contributed by atoms with Gasteiger partial charge in [-0.1, -0.05) is 6.92 Å². The Morgan fingerprint density at radius 1 is 1.20 bits per heavy atom. The van der Waals surface area contributed by atoms with Gasteiger partial charge >= 0.3 is 0 Å². The highest BCUT2D eigenvalue weighted by Crippen LogP contribution is 2.23. The summed E-state index contributed by atoms with van der Waals surface area (Å²) in [5.41, 5.74) is 0. The fourth-order valence-electron chi connectivity index (χ4n) is 1.48. The van der Waals surface area contributed by atoms with E-state index in [0.29, 0.717) is 5.75 Å². The fourth-order valence-corrected chi connectivity index (χ4v) is 2.23. The minimum absolute atomic E-state index is 0.502. The summed E-state index contributed by atoms with van der Waals surface area (Å²) < 4.78 is 10.2. The molecule has 1 fully saturated rings. The van der Waals surface area contributed by atoms with E-state index in [4.69, 9.17) is 9.47 Å². The highest BCUT2D eigenvalue weighted by Gasteiger charge is 2.43. The van der Waals surface area contributed by atoms with Crippen molar-refractivity contribution in [1.29, 1.82) is 0 Å². The Kier molecular flexibility index (Phi) is 5.31. The maximum atomic E-state index is 9.64. The lowest BCUT2D eigenvalue weighted by atomic mass is 10.00. The maximum absolute atomic E-state index is 9.64. The van der Waals surface area contributed by atoms with Crippen molar-refractivity contribution in [2.24, 2.45) is 0 Å². The molecule has 1 heterocycles. The molecule has 5 nitrogen and oxygen atoms in total. The van der Waals surface area contributed by atoms with Gasteiger partial charge in [-0.05, 0) is 5.75 Å². The number of hydrogen-bond donors (Lipinski definition) is 3. The summed E-state index contributed by atoms with van der Waals surface area (Å²) in [6.07, 6.45) is -4.85. The minimum Gasteiger partial charge on any atom is -0.388 e. The molecular weight excluding hydrogens is 220 g/mol. The van der Waals surface area contributed by atoms with Gasteiger partial charge < -0.3 is 24.8 Å². The third kappa shape index (κ3) is 3.05. The summed E-state index contributed by atoms with van der Waals surface area (Å²) in [5.74, 6) is 1.48. The van der Waals surface area contributed by atoms with Gasteiger partial charge in [-0.3, -0.25) is 0 Å². The lowest BCUT2D eigenvalue weighted by Crippen LogP contribution is -2.58. The number of ether oxygens (including phenoxy) is 2. The summed E-state index contributed by atoms with van der Waals surface area (Å²) in [7, 11) is 1.39. The van der Waals surface area contributed by atoms with Crippen LogP contribution in [0.4, 0.5) is 0 Å². The second-order valence-corrected chi connectivity index (χ2v) is 4.73. The first kappa shape index (κ1) is 13.2. The van der Waals surface area contributed by atoms with E-state index >= 15 is 0 Å². The molecular formula is C9H18O5S. The van der Waals surface area contributed by atoms with Crippen LogP contribution in [0.3, 0.4) is 0 Å². The highest BCUT2D eigenvalue weighted by atomic mass is 32.2. The first-order valence-electron chi connectivity index (χ1n) is 4.92. The zero-order valence-electron chi connectivity index (χ0n) is 8.87. The number of hydrogen-bond acceptors (Lipinski definition) is 6. The van der Waals surface area contributed by atoms with Crippen LogP contribution >= 0.6 is 11.8 Å². The quantitative estimate of drug-likeness (QED) is 0.595. The van der Waals surface area contributed by atoms with Gasteiger partial charge in [0.05, 0.1) is 6.10 Å². The average Bonchev–Trinajstić information content (AvgIpc) is 2.25. The number of aliphatic hydroxyl groups is 3. The van der Waals surface area contributed by atoms with E-state index in [1.165, 1.54) is 7.11 Å². The van der Waals surface area contributed by atoms with E-state index in [-0.39, 0.29) is 0 Å². The standard InChI is InChI=1S/C9H18O5S/c1-3-15-4-5-6(10)7(11)8(12)9(13-2)14-5/h5-12H,3-4H2,1-2H3/t5?,6-,7?,8?,9+/m1/s1. The molecule has 5 atom stereocenters. The third-order valence-corrected chi connectivity index (χ3v) is 3.36. The molecule has 6 heteroatoms. The molecule has 1 aliphatic rings. The fraction of sp³-hybridized carbons (Fsp3) is 1.00. The van der Waals surface area contributed by atoms with E-state index in [1.54, 1.807) is 11.8 Å². The van der Waals surface area contributed by atoms with Crippen molar-refractivity contribution in [2.45, 2.75) is 37.6 Å². The van der Waals surface area contributed by atoms with Crippen LogP contribution in [0.2, 0.25) is 0 Å². The predicted octanol–water partition coefficient (Wildman–Crippen LogP) is -0.807. The SMILES string of the molecule is CCSCC1O[C@H](OC)C(O)C(O)[C@@H]1O. The maximum Gasteiger partial charge on any atom is 0.186 e. The minimum atomic E-state index is -1.22. The molecule has 3 N–H and O–H groups in total. The lowest BCUT2D eigenvalue weighted by Gasteiger charge is -2.39. The first-order chi connectivity index (χ1) is 7.11. The number of rotatable bonds is 4. The van der Waals surface area contributed by atoms with Crippen molar-refractivity contribution in [3.8, 4) is 0 Å². The molecule has 1 aliphatic heterocycles. The number of methoxy groups -OCH3 is 1. The summed E-state index contributed by atoms with van der Waals surface area (Å²) in [6.45, 7) is 2.00. The Morgan fingerprint density at radius 3 is 2.40 bits per heavy atom. The van der Waals surface area contributed by atoms with Crippen LogP contribution in [0.5, 0.6) is 0 Å². The van der Waals surface area contributed by atoms with Gasteiger partial charge in [0.25, 0.3) is 0 Å². The van der Waals surface area contributed by atoms with E-state index in [0.717, 1.165) is 5.75 Å². The molecule has 1 rings (SSSR count). The van der Waals surface area contributed by atoms with E-state index in [9.17, 15) is 15.3 Å². The molecule has 0 aromatic heterocycles. The van der Waals surface area contributed by atoms with Gasteiger partial charge in [-0.2, -0.15) is 11.8 Å². The summed E-state index contributed by atoms with van der Waals surface area (Å²) in [5, 5.41) is 28.7. The smallest absolute Gasteiger partial charge is 0.186 e. The third-order valence-electron chi connectivity index (χ3n) is 2.39. The first-order valence-corrected chi connectivity index (χ1v) is 6.07. The molecule has 0 aliphatic carbocycles. The summed E-state index contributed by atoms with van der Waals surface area (Å²) >= 11 is 1.60. The van der Waals surface area contributed by atoms with Crippen molar-refractivity contribution in [2.75, 3.05) is 18.6 Å². The average molecular weight is 238 g/mol. The lowest BCUT2D eigenvalue weighted by molar-refractivity contribution is -0.284. The second-order valence-electron chi connectivity index (χ2n) is 3.41. The largest absolute Gasteiger partial charge is 0.388 e. The van der Waals surface area contributed by atoms with Crippen LogP contribution in [0.15, 0.2) is 0 Å². The highest BCUT2D eigenvalue weighted by molar-refractivity contribution is 7.99. The van der Waals surface area contributed by atoms with Gasteiger partial charge in [0.2, 0.25) is 0 Å². The van der Waals surface area contributed by atoms with Gasteiger partial charge in [0, 0.05) is 12.9 Å². The molecule has 0 saturated carbocycles. The molecule has 0 spiro atoms. The Balaban J connectivity index is 2.57. The normalized spacial score (nSPS) is 41.8. The van der Waals surface area contributed by atoms with E-state index < -0.39 is 30.7 Å². The van der Waals surface area contributed by atoms with Crippen LogP contribution in [0.1, 0.15) is 6.92 Å². The zero-order chi connectivity index (χ0) is 11.4. The second kappa shape index (κ2) is 6.03. The molecule has 1 saturated heterocycles. The Morgan fingerprint density at radius 2 is 1.87 bits per heavy atom. The van der Waals surface area contributed by atoms with Crippen molar-refractivity contribution in [3.63, 3.8) is 0 Å². The Labute approximate surface area is 93.4 Å². The molecule has 0 bridgehead atoms. The molecule has 90 valence electrons. The van der Waals surface area contributed by atoms with Crippen LogP contribution in [-0.2, 0) is 9.47 Å². The van der Waals surface area contributed by atoms with Crippen LogP contribution in [0.25, 0.3) is 0 Å². The topological polar surface area (TPSA) is 79.2 Å². The van der Waals surface area contributed by atoms with Crippen LogP contribution < -0.4 is 0 Å². The van der Waals surface area contributed by atoms with Gasteiger partial charge in [-0.25, -0.2) is 0 Å². The van der Waals surface area contributed by atoms with Crippen molar-refractivity contribution in [1.82, 2.24) is 0 Å². The molecule has 0 aromatic rings. The Hall–Kier alpha value is 0.150. The number of aliphatic hydroxyl groups excluding tert-OH is 3. The Bertz CT molecular complexity index is 189. The number of thioether (sulfide) groups is 1. The van der Waals surface area contributed by atoms with Gasteiger partial charge in [0.15, 0.2) is 6.29 Å². The van der Waals surface area contributed by atoms with Crippen LogP contribution in [-0.4, -0.2) is 64.6 Å². The predicted molar refractivity (Wildman–Crippen MR) is 56.7 cm³/mol. The van der Waals surface area contributed by atoms with Crippen molar-refractivity contribution >= 4 is 11.8 Å². The molecule has 3 unspecified atom stereocenters. The molecule has 0 radical (unpaired) electrons. The van der Waals surface area contributed by atoms with Crippen molar-refractivity contribution < 1.29 is 24.8 Å². The molecule has 0 aromatic carbocycles.